The molecule has 0 aliphatic carbocycles. The summed E-state index contributed by atoms with van der Waals surface area (Å²) >= 11 is 6.07. The van der Waals surface area contributed by atoms with Gasteiger partial charge in [0, 0.05) is 0 Å². The maximum atomic E-state index is 9.18. The van der Waals surface area contributed by atoms with E-state index < -0.39 is 5.69 Å². The second-order valence-electron chi connectivity index (χ2n) is 1.30. The van der Waals surface area contributed by atoms with Gasteiger partial charge in [-0.1, -0.05) is 18.3 Å². The van der Waals surface area contributed by atoms with E-state index in [0.717, 1.165) is 5.75 Å². The summed E-state index contributed by atoms with van der Waals surface area (Å²) in [5, 5.41) is 0. The zero-order chi connectivity index (χ0) is 7.33. The lowest BCUT2D eigenvalue weighted by Crippen LogP contribution is -1.83. The lowest BCUT2D eigenvalue weighted by Gasteiger charge is -2.11. The standard InChI is InChI=1S/C4H11O2PS2.ClH/c1-3-6-7(5,8)9-4-2;/h3-4H2,1-2H3,(H,5,8);1H. The number of hydrogen-bond acceptors (Lipinski definition) is 3. The van der Waals surface area contributed by atoms with Gasteiger partial charge in [0.2, 0.25) is 5.69 Å². The molecule has 1 unspecified atom stereocenters. The Labute approximate surface area is 77.1 Å². The van der Waals surface area contributed by atoms with Crippen LogP contribution in [0.3, 0.4) is 0 Å². The molecule has 0 heterocycles. The van der Waals surface area contributed by atoms with Crippen LogP contribution >= 0.6 is 29.5 Å². The van der Waals surface area contributed by atoms with Crippen LogP contribution in [0.25, 0.3) is 0 Å². The van der Waals surface area contributed by atoms with Crippen molar-refractivity contribution in [2.24, 2.45) is 0 Å². The molecule has 1 atom stereocenters. The Morgan fingerprint density at radius 2 is 2.10 bits per heavy atom. The van der Waals surface area contributed by atoms with Crippen LogP contribution in [0.4, 0.5) is 0 Å². The monoisotopic (exact) mass is 222 g/mol. The van der Waals surface area contributed by atoms with Gasteiger partial charge in [-0.15, -0.1) is 12.4 Å². The Morgan fingerprint density at radius 3 is 2.40 bits per heavy atom. The van der Waals surface area contributed by atoms with E-state index in [4.69, 9.17) is 16.3 Å². The normalized spacial score (nSPS) is 15.5. The predicted molar refractivity (Wildman–Crippen MR) is 53.5 cm³/mol. The Balaban J connectivity index is 0. The molecule has 0 spiro atoms. The molecule has 0 saturated heterocycles. The minimum absolute atomic E-state index is 0. The lowest BCUT2D eigenvalue weighted by atomic mass is 10.9. The second-order valence-corrected chi connectivity index (χ2v) is 7.77. The van der Waals surface area contributed by atoms with Gasteiger partial charge in [0.05, 0.1) is 6.61 Å². The molecule has 64 valence electrons. The van der Waals surface area contributed by atoms with Crippen LogP contribution in [0, 0.1) is 0 Å². The molecule has 0 radical (unpaired) electrons. The van der Waals surface area contributed by atoms with Crippen LogP contribution < -0.4 is 0 Å². The van der Waals surface area contributed by atoms with Crippen LogP contribution in [-0.4, -0.2) is 17.3 Å². The highest BCUT2D eigenvalue weighted by atomic mass is 35.5. The van der Waals surface area contributed by atoms with Crippen LogP contribution in [-0.2, 0) is 16.3 Å². The first-order chi connectivity index (χ1) is 4.12. The molecule has 0 aromatic carbocycles. The summed E-state index contributed by atoms with van der Waals surface area (Å²) in [6.07, 6.45) is 0. The molecule has 6 heteroatoms. The van der Waals surface area contributed by atoms with E-state index in [9.17, 15) is 4.89 Å². The Kier molecular flexibility index (Phi) is 9.49. The smallest absolute Gasteiger partial charge is 0.244 e. The van der Waals surface area contributed by atoms with Crippen molar-refractivity contribution in [1.29, 1.82) is 0 Å². The Morgan fingerprint density at radius 1 is 1.60 bits per heavy atom. The Hall–Kier alpha value is 1.21. The summed E-state index contributed by atoms with van der Waals surface area (Å²) in [5.41, 5.74) is -2.44. The van der Waals surface area contributed by atoms with Gasteiger partial charge < -0.3 is 9.42 Å². The molecule has 2 nitrogen and oxygen atoms in total. The molecule has 0 aromatic rings. The maximum Gasteiger partial charge on any atom is 0.244 e. The van der Waals surface area contributed by atoms with Crippen molar-refractivity contribution >= 4 is 41.3 Å². The molecule has 0 aromatic heterocycles. The average Bonchev–Trinajstić information content (AvgIpc) is 1.64. The molecule has 10 heavy (non-hydrogen) atoms. The summed E-state index contributed by atoms with van der Waals surface area (Å²) in [5.74, 6) is 0.813. The first kappa shape index (κ1) is 13.8. The molecule has 0 saturated carbocycles. The van der Waals surface area contributed by atoms with E-state index in [1.54, 1.807) is 0 Å². The van der Waals surface area contributed by atoms with Crippen molar-refractivity contribution in [2.75, 3.05) is 12.4 Å². The Bertz CT molecular complexity index is 112. The highest BCUT2D eigenvalue weighted by Crippen LogP contribution is 2.55. The van der Waals surface area contributed by atoms with Gasteiger partial charge in [-0.25, -0.2) is 0 Å². The van der Waals surface area contributed by atoms with Crippen LogP contribution in [0.5, 0.6) is 0 Å². The highest BCUT2D eigenvalue weighted by Gasteiger charge is 2.10. The van der Waals surface area contributed by atoms with Gasteiger partial charge >= 0.3 is 0 Å². The minimum Gasteiger partial charge on any atom is -0.337 e. The molecular weight excluding hydrogens is 211 g/mol. The van der Waals surface area contributed by atoms with Gasteiger partial charge in [0.25, 0.3) is 0 Å². The molecule has 0 amide bonds. The third kappa shape index (κ3) is 7.32. The second kappa shape index (κ2) is 6.89. The largest absolute Gasteiger partial charge is 0.337 e. The van der Waals surface area contributed by atoms with Crippen LogP contribution in [0.1, 0.15) is 13.8 Å². The quantitative estimate of drug-likeness (QED) is 0.740. The number of hydrogen-bond donors (Lipinski definition) is 1. The number of rotatable bonds is 4. The summed E-state index contributed by atoms with van der Waals surface area (Å²) in [4.78, 5) is 9.18. The van der Waals surface area contributed by atoms with Crippen LogP contribution in [0.2, 0.25) is 0 Å². The SMILES string of the molecule is CCOP(O)(=S)SCC.Cl. The molecule has 0 aliphatic heterocycles. The maximum absolute atomic E-state index is 9.18. The van der Waals surface area contributed by atoms with E-state index in [1.807, 2.05) is 13.8 Å². The minimum atomic E-state index is -2.44. The molecule has 0 bridgehead atoms. The molecule has 0 aliphatic rings. The molecular formula is C4H12ClO2PS2. The fraction of sp³-hybridized carbons (Fsp3) is 1.00. The van der Waals surface area contributed by atoms with E-state index in [-0.39, 0.29) is 12.4 Å². The summed E-state index contributed by atoms with van der Waals surface area (Å²) in [6, 6.07) is 0. The van der Waals surface area contributed by atoms with Crippen molar-refractivity contribution in [3.63, 3.8) is 0 Å². The molecule has 0 rings (SSSR count). The van der Waals surface area contributed by atoms with Crippen molar-refractivity contribution in [3.8, 4) is 0 Å². The average molecular weight is 223 g/mol. The first-order valence-corrected chi connectivity index (χ1v) is 7.00. The fourth-order valence-electron chi connectivity index (χ4n) is 0.364. The topological polar surface area (TPSA) is 29.5 Å². The van der Waals surface area contributed by atoms with Crippen molar-refractivity contribution in [2.45, 2.75) is 13.8 Å². The van der Waals surface area contributed by atoms with E-state index in [1.165, 1.54) is 11.4 Å². The van der Waals surface area contributed by atoms with E-state index in [2.05, 4.69) is 0 Å². The van der Waals surface area contributed by atoms with Gasteiger partial charge in [-0.3, -0.25) is 0 Å². The summed E-state index contributed by atoms with van der Waals surface area (Å²) in [7, 11) is 0. The number of halogens is 1. The molecule has 0 fully saturated rings. The van der Waals surface area contributed by atoms with Crippen molar-refractivity contribution in [3.05, 3.63) is 0 Å². The third-order valence-electron chi connectivity index (χ3n) is 0.584. The van der Waals surface area contributed by atoms with Crippen molar-refractivity contribution in [1.82, 2.24) is 0 Å². The van der Waals surface area contributed by atoms with Crippen LogP contribution in [0.15, 0.2) is 0 Å². The van der Waals surface area contributed by atoms with Gasteiger partial charge in [-0.2, -0.15) is 0 Å². The summed E-state index contributed by atoms with van der Waals surface area (Å²) in [6.45, 7) is 4.27. The van der Waals surface area contributed by atoms with Crippen molar-refractivity contribution < 1.29 is 9.42 Å². The lowest BCUT2D eigenvalue weighted by molar-refractivity contribution is 0.341. The first-order valence-electron chi connectivity index (χ1n) is 2.74. The zero-order valence-corrected chi connectivity index (χ0v) is 9.29. The van der Waals surface area contributed by atoms with E-state index in [0.29, 0.717) is 6.61 Å². The summed E-state index contributed by atoms with van der Waals surface area (Å²) < 4.78 is 4.91. The predicted octanol–water partition coefficient (Wildman–Crippen LogP) is 2.41. The third-order valence-corrected chi connectivity index (χ3v) is 5.09. The van der Waals surface area contributed by atoms with E-state index >= 15 is 0 Å². The highest BCUT2D eigenvalue weighted by molar-refractivity contribution is 8.67. The van der Waals surface area contributed by atoms with Gasteiger partial charge in [0.1, 0.15) is 0 Å². The zero-order valence-electron chi connectivity index (χ0n) is 5.94. The van der Waals surface area contributed by atoms with Gasteiger partial charge in [-0.05, 0) is 24.5 Å². The molecule has 1 N–H and O–H groups in total. The fourth-order valence-corrected chi connectivity index (χ4v) is 3.87. The van der Waals surface area contributed by atoms with Gasteiger partial charge in [0.15, 0.2) is 0 Å².